The first kappa shape index (κ1) is 10.9. The minimum absolute atomic E-state index is 0.0262. The predicted molar refractivity (Wildman–Crippen MR) is 58.4 cm³/mol. The SMILES string of the molecule is O=C(O)C(=O)c1ccccc1-n1cc[nH]c1=O. The summed E-state index contributed by atoms with van der Waals surface area (Å²) in [6.45, 7) is 0. The fraction of sp³-hybridized carbons (Fsp3) is 0. The van der Waals surface area contributed by atoms with E-state index in [9.17, 15) is 14.4 Å². The van der Waals surface area contributed by atoms with Crippen molar-refractivity contribution < 1.29 is 14.7 Å². The van der Waals surface area contributed by atoms with Gasteiger partial charge in [0.1, 0.15) is 0 Å². The Hall–Kier alpha value is -2.63. The van der Waals surface area contributed by atoms with Crippen LogP contribution in [-0.4, -0.2) is 26.4 Å². The van der Waals surface area contributed by atoms with E-state index in [1.807, 2.05) is 0 Å². The molecule has 0 spiro atoms. The molecule has 1 aromatic heterocycles. The topological polar surface area (TPSA) is 92.2 Å². The van der Waals surface area contributed by atoms with E-state index >= 15 is 0 Å². The van der Waals surface area contributed by atoms with E-state index < -0.39 is 17.4 Å². The van der Waals surface area contributed by atoms with Crippen molar-refractivity contribution in [3.63, 3.8) is 0 Å². The van der Waals surface area contributed by atoms with Crippen LogP contribution in [0.1, 0.15) is 10.4 Å². The van der Waals surface area contributed by atoms with E-state index in [0.717, 1.165) is 0 Å². The number of H-pyrrole nitrogens is 1. The Morgan fingerprint density at radius 2 is 1.94 bits per heavy atom. The highest BCUT2D eigenvalue weighted by Gasteiger charge is 2.19. The highest BCUT2D eigenvalue weighted by molar-refractivity contribution is 6.40. The van der Waals surface area contributed by atoms with Crippen molar-refractivity contribution in [1.82, 2.24) is 9.55 Å². The van der Waals surface area contributed by atoms with Crippen LogP contribution < -0.4 is 5.69 Å². The summed E-state index contributed by atoms with van der Waals surface area (Å²) in [6.07, 6.45) is 2.83. The van der Waals surface area contributed by atoms with Gasteiger partial charge in [0, 0.05) is 12.4 Å². The molecule has 6 nitrogen and oxygen atoms in total. The number of carbonyl (C=O) groups is 2. The predicted octanol–water partition coefficient (Wildman–Crippen LogP) is 0.433. The van der Waals surface area contributed by atoms with Crippen LogP contribution >= 0.6 is 0 Å². The maximum atomic E-state index is 11.4. The summed E-state index contributed by atoms with van der Waals surface area (Å²) in [5, 5.41) is 8.68. The van der Waals surface area contributed by atoms with Crippen molar-refractivity contribution in [2.45, 2.75) is 0 Å². The zero-order valence-corrected chi connectivity index (χ0v) is 8.58. The number of rotatable bonds is 3. The molecular weight excluding hydrogens is 224 g/mol. The number of hydrogen-bond acceptors (Lipinski definition) is 3. The maximum absolute atomic E-state index is 11.4. The van der Waals surface area contributed by atoms with Gasteiger partial charge in [0.15, 0.2) is 0 Å². The van der Waals surface area contributed by atoms with Gasteiger partial charge < -0.3 is 10.1 Å². The fourth-order valence-electron chi connectivity index (χ4n) is 1.50. The first-order valence-electron chi connectivity index (χ1n) is 4.74. The number of carboxylic acid groups (broad SMARTS) is 1. The molecule has 0 aliphatic heterocycles. The summed E-state index contributed by atoms with van der Waals surface area (Å²) >= 11 is 0. The van der Waals surface area contributed by atoms with Gasteiger partial charge in [-0.2, -0.15) is 0 Å². The third-order valence-corrected chi connectivity index (χ3v) is 2.25. The second-order valence-electron chi connectivity index (χ2n) is 3.29. The van der Waals surface area contributed by atoms with Crippen molar-refractivity contribution in [2.75, 3.05) is 0 Å². The molecule has 0 aliphatic carbocycles. The van der Waals surface area contributed by atoms with Crippen LogP contribution in [-0.2, 0) is 4.79 Å². The summed E-state index contributed by atoms with van der Waals surface area (Å²) in [6, 6.07) is 6.03. The van der Waals surface area contributed by atoms with Gasteiger partial charge in [0.05, 0.1) is 11.3 Å². The number of aliphatic carboxylic acids is 1. The summed E-state index contributed by atoms with van der Waals surface area (Å²) in [5.41, 5.74) is -0.219. The second-order valence-corrected chi connectivity index (χ2v) is 3.29. The molecule has 2 aromatic rings. The minimum Gasteiger partial charge on any atom is -0.475 e. The van der Waals surface area contributed by atoms with Crippen molar-refractivity contribution >= 4 is 11.8 Å². The Bertz CT molecular complexity index is 639. The van der Waals surface area contributed by atoms with Gasteiger partial charge in [-0.05, 0) is 12.1 Å². The molecule has 0 atom stereocenters. The molecular formula is C11H8N2O4. The van der Waals surface area contributed by atoms with Crippen molar-refractivity contribution in [2.24, 2.45) is 0 Å². The average Bonchev–Trinajstić information content (AvgIpc) is 2.74. The van der Waals surface area contributed by atoms with Gasteiger partial charge in [-0.3, -0.25) is 9.36 Å². The van der Waals surface area contributed by atoms with Gasteiger partial charge in [-0.15, -0.1) is 0 Å². The standard InChI is InChI=1S/C11H8N2O4/c14-9(10(15)16)7-3-1-2-4-8(7)13-6-5-12-11(13)17/h1-6H,(H,12,17)(H,15,16). The number of para-hydroxylation sites is 1. The summed E-state index contributed by atoms with van der Waals surface area (Å²) in [7, 11) is 0. The van der Waals surface area contributed by atoms with Crippen LogP contribution in [0, 0.1) is 0 Å². The lowest BCUT2D eigenvalue weighted by molar-refractivity contribution is -0.131. The van der Waals surface area contributed by atoms with Crippen molar-refractivity contribution in [3.05, 3.63) is 52.7 Å². The van der Waals surface area contributed by atoms with E-state index in [0.29, 0.717) is 0 Å². The Kier molecular flexibility index (Phi) is 2.61. The largest absolute Gasteiger partial charge is 0.475 e. The third kappa shape index (κ3) is 1.87. The quantitative estimate of drug-likeness (QED) is 0.593. The number of carboxylic acids is 1. The molecule has 2 N–H and O–H groups in total. The second kappa shape index (κ2) is 4.09. The Balaban J connectivity index is 2.64. The molecule has 0 fully saturated rings. The summed E-state index contributed by atoms with van der Waals surface area (Å²) in [5.74, 6) is -2.60. The van der Waals surface area contributed by atoms with Gasteiger partial charge >= 0.3 is 11.7 Å². The van der Waals surface area contributed by atoms with E-state index in [1.54, 1.807) is 6.07 Å². The molecule has 17 heavy (non-hydrogen) atoms. The van der Waals surface area contributed by atoms with Crippen molar-refractivity contribution in [1.29, 1.82) is 0 Å². The minimum atomic E-state index is -1.55. The lowest BCUT2D eigenvalue weighted by atomic mass is 10.1. The highest BCUT2D eigenvalue weighted by atomic mass is 16.4. The number of nitrogens with zero attached hydrogens (tertiary/aromatic N) is 1. The number of Topliss-reactive ketones (excluding diaryl/α,β-unsaturated/α-hetero) is 1. The van der Waals surface area contributed by atoms with E-state index in [2.05, 4.69) is 4.98 Å². The van der Waals surface area contributed by atoms with Gasteiger partial charge in [-0.25, -0.2) is 9.59 Å². The molecule has 0 saturated carbocycles. The van der Waals surface area contributed by atoms with Crippen LogP contribution in [0.15, 0.2) is 41.5 Å². The van der Waals surface area contributed by atoms with Crippen LogP contribution in [0.4, 0.5) is 0 Å². The Labute approximate surface area is 95.1 Å². The number of aromatic nitrogens is 2. The smallest absolute Gasteiger partial charge is 0.377 e. The molecule has 1 aromatic carbocycles. The third-order valence-electron chi connectivity index (χ3n) is 2.25. The number of hydrogen-bond donors (Lipinski definition) is 2. The fourth-order valence-corrected chi connectivity index (χ4v) is 1.50. The Morgan fingerprint density at radius 3 is 2.53 bits per heavy atom. The van der Waals surface area contributed by atoms with Gasteiger partial charge in [0.25, 0.3) is 5.78 Å². The Morgan fingerprint density at radius 1 is 1.24 bits per heavy atom. The lowest BCUT2D eigenvalue weighted by Gasteiger charge is -2.05. The first-order chi connectivity index (χ1) is 8.11. The normalized spacial score (nSPS) is 10.1. The van der Waals surface area contributed by atoms with Gasteiger partial charge in [0.2, 0.25) is 0 Å². The molecule has 2 rings (SSSR count). The van der Waals surface area contributed by atoms with E-state index in [4.69, 9.17) is 5.11 Å². The zero-order valence-electron chi connectivity index (χ0n) is 8.58. The number of ketones is 1. The number of benzene rings is 1. The first-order valence-corrected chi connectivity index (χ1v) is 4.74. The summed E-state index contributed by atoms with van der Waals surface area (Å²) in [4.78, 5) is 35.9. The highest BCUT2D eigenvalue weighted by Crippen LogP contribution is 2.13. The molecule has 0 amide bonds. The number of imidazole rings is 1. The van der Waals surface area contributed by atoms with E-state index in [-0.39, 0.29) is 11.3 Å². The lowest BCUT2D eigenvalue weighted by Crippen LogP contribution is -2.20. The number of aromatic amines is 1. The van der Waals surface area contributed by atoms with Gasteiger partial charge in [-0.1, -0.05) is 12.1 Å². The summed E-state index contributed by atoms with van der Waals surface area (Å²) < 4.78 is 1.18. The molecule has 1 heterocycles. The molecule has 0 aliphatic rings. The van der Waals surface area contributed by atoms with Crippen LogP contribution in [0.25, 0.3) is 5.69 Å². The number of nitrogens with one attached hydrogen (secondary N) is 1. The zero-order chi connectivity index (χ0) is 12.4. The van der Waals surface area contributed by atoms with Crippen molar-refractivity contribution in [3.8, 4) is 5.69 Å². The number of carbonyl (C=O) groups excluding carboxylic acids is 1. The molecule has 86 valence electrons. The van der Waals surface area contributed by atoms with Crippen LogP contribution in [0.2, 0.25) is 0 Å². The molecule has 0 radical (unpaired) electrons. The molecule has 0 unspecified atom stereocenters. The van der Waals surface area contributed by atoms with E-state index in [1.165, 1.54) is 35.2 Å². The molecule has 0 saturated heterocycles. The van der Waals surface area contributed by atoms with Crippen LogP contribution in [0.3, 0.4) is 0 Å². The molecule has 0 bridgehead atoms. The van der Waals surface area contributed by atoms with Crippen LogP contribution in [0.5, 0.6) is 0 Å². The molecule has 6 heteroatoms. The monoisotopic (exact) mass is 232 g/mol. The average molecular weight is 232 g/mol. The maximum Gasteiger partial charge on any atom is 0.377 e.